The minimum atomic E-state index is -0.405. The SMILES string of the molecule is COCc1c(-c2cc(-c3cccc(COCC(=O)OC)c3)no2)ccc(-c2ccccc2)c1C. The van der Waals surface area contributed by atoms with Crippen molar-refractivity contribution in [3.63, 3.8) is 0 Å². The van der Waals surface area contributed by atoms with E-state index in [1.54, 1.807) is 7.11 Å². The monoisotopic (exact) mass is 457 g/mol. The summed E-state index contributed by atoms with van der Waals surface area (Å²) in [5.74, 6) is 0.273. The first-order valence-electron chi connectivity index (χ1n) is 11.0. The predicted octanol–water partition coefficient (Wildman–Crippen LogP) is 5.82. The van der Waals surface area contributed by atoms with E-state index in [-0.39, 0.29) is 6.61 Å². The highest BCUT2D eigenvalue weighted by Crippen LogP contribution is 2.35. The fraction of sp³-hybridized carbons (Fsp3) is 0.214. The van der Waals surface area contributed by atoms with Crippen LogP contribution in [0.1, 0.15) is 16.7 Å². The summed E-state index contributed by atoms with van der Waals surface area (Å²) in [7, 11) is 3.03. The van der Waals surface area contributed by atoms with Gasteiger partial charge in [-0.15, -0.1) is 0 Å². The number of esters is 1. The van der Waals surface area contributed by atoms with Gasteiger partial charge in [-0.1, -0.05) is 65.8 Å². The Bertz CT molecular complexity index is 1260. The Labute approximate surface area is 199 Å². The van der Waals surface area contributed by atoms with Gasteiger partial charge in [0.25, 0.3) is 0 Å². The van der Waals surface area contributed by atoms with E-state index in [1.165, 1.54) is 7.11 Å². The summed E-state index contributed by atoms with van der Waals surface area (Å²) < 4.78 is 21.3. The Morgan fingerprint density at radius 2 is 1.65 bits per heavy atom. The second kappa shape index (κ2) is 10.9. The van der Waals surface area contributed by atoms with Crippen LogP contribution >= 0.6 is 0 Å². The summed E-state index contributed by atoms with van der Waals surface area (Å²) in [4.78, 5) is 11.2. The zero-order valence-electron chi connectivity index (χ0n) is 19.5. The average Bonchev–Trinajstić information content (AvgIpc) is 3.36. The number of ether oxygens (including phenoxy) is 3. The molecule has 0 spiro atoms. The Kier molecular flexibility index (Phi) is 7.52. The zero-order valence-corrected chi connectivity index (χ0v) is 19.5. The van der Waals surface area contributed by atoms with Gasteiger partial charge in [0.1, 0.15) is 12.3 Å². The minimum Gasteiger partial charge on any atom is -0.467 e. The molecular weight excluding hydrogens is 430 g/mol. The fourth-order valence-corrected chi connectivity index (χ4v) is 3.92. The Hall–Kier alpha value is -3.74. The van der Waals surface area contributed by atoms with Crippen LogP contribution in [0, 0.1) is 6.92 Å². The van der Waals surface area contributed by atoms with Crippen LogP contribution in [-0.2, 0) is 32.2 Å². The third-order valence-corrected chi connectivity index (χ3v) is 5.69. The normalized spacial score (nSPS) is 10.9. The molecule has 0 fully saturated rings. The van der Waals surface area contributed by atoms with Crippen molar-refractivity contribution in [1.29, 1.82) is 0 Å². The lowest BCUT2D eigenvalue weighted by Crippen LogP contribution is -2.09. The Balaban J connectivity index is 1.61. The van der Waals surface area contributed by atoms with Crippen molar-refractivity contribution in [1.82, 2.24) is 5.16 Å². The molecule has 3 aromatic carbocycles. The van der Waals surface area contributed by atoms with Gasteiger partial charge in [0.15, 0.2) is 5.76 Å². The third kappa shape index (κ3) is 5.25. The molecule has 0 bridgehead atoms. The molecule has 0 aliphatic heterocycles. The largest absolute Gasteiger partial charge is 0.467 e. The summed E-state index contributed by atoms with van der Waals surface area (Å²) in [5.41, 5.74) is 8.04. The van der Waals surface area contributed by atoms with Crippen LogP contribution in [0.2, 0.25) is 0 Å². The van der Waals surface area contributed by atoms with E-state index >= 15 is 0 Å². The van der Waals surface area contributed by atoms with Crippen LogP contribution in [0.25, 0.3) is 33.7 Å². The number of methoxy groups -OCH3 is 2. The van der Waals surface area contributed by atoms with Gasteiger partial charge < -0.3 is 18.7 Å². The van der Waals surface area contributed by atoms with Gasteiger partial charge in [0, 0.05) is 24.3 Å². The molecule has 0 atom stereocenters. The summed E-state index contributed by atoms with van der Waals surface area (Å²) >= 11 is 0. The quantitative estimate of drug-likeness (QED) is 0.295. The maximum Gasteiger partial charge on any atom is 0.331 e. The lowest BCUT2D eigenvalue weighted by atomic mass is 9.92. The Morgan fingerprint density at radius 1 is 0.882 bits per heavy atom. The predicted molar refractivity (Wildman–Crippen MR) is 130 cm³/mol. The first-order chi connectivity index (χ1) is 16.6. The fourth-order valence-electron chi connectivity index (χ4n) is 3.92. The number of hydrogen-bond acceptors (Lipinski definition) is 6. The van der Waals surface area contributed by atoms with Crippen molar-refractivity contribution in [2.45, 2.75) is 20.1 Å². The minimum absolute atomic E-state index is 0.0879. The van der Waals surface area contributed by atoms with Crippen molar-refractivity contribution in [2.24, 2.45) is 0 Å². The molecule has 4 aromatic rings. The molecule has 34 heavy (non-hydrogen) atoms. The summed E-state index contributed by atoms with van der Waals surface area (Å²) in [5, 5.41) is 4.31. The molecule has 0 saturated carbocycles. The molecule has 6 nitrogen and oxygen atoms in total. The smallest absolute Gasteiger partial charge is 0.331 e. The highest BCUT2D eigenvalue weighted by molar-refractivity contribution is 5.77. The van der Waals surface area contributed by atoms with Gasteiger partial charge in [-0.2, -0.15) is 0 Å². The highest BCUT2D eigenvalue weighted by atomic mass is 16.6. The molecular formula is C28H27NO5. The number of aromatic nitrogens is 1. The van der Waals surface area contributed by atoms with Crippen LogP contribution < -0.4 is 0 Å². The van der Waals surface area contributed by atoms with E-state index in [0.717, 1.165) is 44.6 Å². The summed E-state index contributed by atoms with van der Waals surface area (Å²) in [6, 6.07) is 24.2. The van der Waals surface area contributed by atoms with Gasteiger partial charge in [0.05, 0.1) is 20.3 Å². The number of rotatable bonds is 9. The van der Waals surface area contributed by atoms with E-state index < -0.39 is 5.97 Å². The van der Waals surface area contributed by atoms with Crippen molar-refractivity contribution < 1.29 is 23.5 Å². The summed E-state index contributed by atoms with van der Waals surface area (Å²) in [6.07, 6.45) is 0. The van der Waals surface area contributed by atoms with Crippen molar-refractivity contribution in [2.75, 3.05) is 20.8 Å². The van der Waals surface area contributed by atoms with Crippen LogP contribution in [0.5, 0.6) is 0 Å². The standard InChI is InChI=1S/C28H27NO5/c1-19-23(21-9-5-4-6-10-21)12-13-24(25(19)17-31-2)27-15-26(29-34-27)22-11-7-8-20(14-22)16-33-18-28(30)32-3/h4-15H,16-18H2,1-3H3. The molecule has 0 aliphatic carbocycles. The molecule has 0 aliphatic rings. The maximum absolute atomic E-state index is 11.2. The number of carbonyl (C=O) groups is 1. The Morgan fingerprint density at radius 3 is 2.41 bits per heavy atom. The lowest BCUT2D eigenvalue weighted by molar-refractivity contribution is -0.146. The topological polar surface area (TPSA) is 70.8 Å². The molecule has 0 radical (unpaired) electrons. The van der Waals surface area contributed by atoms with Crippen LogP contribution in [-0.4, -0.2) is 32.0 Å². The average molecular weight is 458 g/mol. The van der Waals surface area contributed by atoms with E-state index in [1.807, 2.05) is 48.5 Å². The van der Waals surface area contributed by atoms with Crippen molar-refractivity contribution in [3.05, 3.63) is 89.5 Å². The first kappa shape index (κ1) is 23.4. The second-order valence-electron chi connectivity index (χ2n) is 7.91. The van der Waals surface area contributed by atoms with E-state index in [4.69, 9.17) is 14.0 Å². The van der Waals surface area contributed by atoms with Gasteiger partial charge in [-0.05, 0) is 40.8 Å². The maximum atomic E-state index is 11.2. The van der Waals surface area contributed by atoms with Gasteiger partial charge in [0.2, 0.25) is 0 Å². The van der Waals surface area contributed by atoms with Crippen molar-refractivity contribution >= 4 is 5.97 Å². The van der Waals surface area contributed by atoms with Crippen molar-refractivity contribution in [3.8, 4) is 33.7 Å². The van der Waals surface area contributed by atoms with Crippen LogP contribution in [0.15, 0.2) is 77.3 Å². The molecule has 0 saturated heterocycles. The van der Waals surface area contributed by atoms with Crippen LogP contribution in [0.3, 0.4) is 0 Å². The van der Waals surface area contributed by atoms with Gasteiger partial charge >= 0.3 is 5.97 Å². The molecule has 6 heteroatoms. The second-order valence-corrected chi connectivity index (χ2v) is 7.91. The first-order valence-corrected chi connectivity index (χ1v) is 11.0. The molecule has 1 aromatic heterocycles. The summed E-state index contributed by atoms with van der Waals surface area (Å²) in [6.45, 7) is 2.78. The van der Waals surface area contributed by atoms with Gasteiger partial charge in [-0.25, -0.2) is 4.79 Å². The van der Waals surface area contributed by atoms with Crippen LogP contribution in [0.4, 0.5) is 0 Å². The van der Waals surface area contributed by atoms with E-state index in [0.29, 0.717) is 19.0 Å². The molecule has 174 valence electrons. The number of benzene rings is 3. The third-order valence-electron chi connectivity index (χ3n) is 5.69. The number of hydrogen-bond donors (Lipinski definition) is 0. The number of carbonyl (C=O) groups excluding carboxylic acids is 1. The zero-order chi connectivity index (χ0) is 23.9. The highest BCUT2D eigenvalue weighted by Gasteiger charge is 2.17. The molecule has 4 rings (SSSR count). The molecule has 0 unspecified atom stereocenters. The molecule has 0 N–H and O–H groups in total. The lowest BCUT2D eigenvalue weighted by Gasteiger charge is -2.15. The van der Waals surface area contributed by atoms with E-state index in [9.17, 15) is 4.79 Å². The van der Waals surface area contributed by atoms with Gasteiger partial charge in [-0.3, -0.25) is 0 Å². The number of nitrogens with zero attached hydrogens (tertiary/aromatic N) is 1. The molecule has 1 heterocycles. The van der Waals surface area contributed by atoms with E-state index in [2.05, 4.69) is 41.1 Å². The molecule has 0 amide bonds.